The van der Waals surface area contributed by atoms with E-state index in [0.29, 0.717) is 16.8 Å². The fraction of sp³-hybridized carbons (Fsp3) is 0.150. The van der Waals surface area contributed by atoms with Gasteiger partial charge in [-0.05, 0) is 43.2 Å². The maximum Gasteiger partial charge on any atom is 0.268 e. The Balaban J connectivity index is 1.79. The number of carbonyl (C=O) groups is 1. The van der Waals surface area contributed by atoms with Gasteiger partial charge in [0.15, 0.2) is 0 Å². The van der Waals surface area contributed by atoms with Crippen LogP contribution in [0.1, 0.15) is 32.7 Å². The van der Waals surface area contributed by atoms with Crippen molar-refractivity contribution in [3.05, 3.63) is 82.7 Å². The van der Waals surface area contributed by atoms with Crippen molar-refractivity contribution in [2.24, 2.45) is 0 Å². The molecule has 2 aromatic carbocycles. The van der Waals surface area contributed by atoms with Crippen LogP contribution in [0.25, 0.3) is 5.69 Å². The number of carbonyl (C=O) groups excluding carboxylic acids is 1. The minimum absolute atomic E-state index is 0.187. The highest BCUT2D eigenvalue weighted by Gasteiger charge is 2.21. The summed E-state index contributed by atoms with van der Waals surface area (Å²) in [6, 6.07) is 15.7. The van der Waals surface area contributed by atoms with E-state index in [1.807, 2.05) is 37.3 Å². The van der Waals surface area contributed by atoms with E-state index in [-0.39, 0.29) is 11.3 Å². The van der Waals surface area contributed by atoms with Crippen LogP contribution in [-0.4, -0.2) is 24.1 Å². The molecule has 0 aliphatic rings. The van der Waals surface area contributed by atoms with Crippen LogP contribution in [0, 0.1) is 25.2 Å². The van der Waals surface area contributed by atoms with Gasteiger partial charge in [-0.25, -0.2) is 17.8 Å². The third-order valence-electron chi connectivity index (χ3n) is 4.29. The minimum Gasteiger partial charge on any atom is -0.268 e. The lowest BCUT2D eigenvalue weighted by Crippen LogP contribution is -2.31. The average Bonchev–Trinajstić information content (AvgIpc) is 3.03. The van der Waals surface area contributed by atoms with E-state index in [1.165, 1.54) is 18.3 Å². The van der Waals surface area contributed by atoms with Gasteiger partial charge in [0, 0.05) is 0 Å². The number of aryl methyl sites for hydroxylation is 1. The smallest absolute Gasteiger partial charge is 0.268 e. The molecule has 7 nitrogen and oxygen atoms in total. The minimum atomic E-state index is -3.90. The van der Waals surface area contributed by atoms with E-state index in [4.69, 9.17) is 5.26 Å². The molecular formula is C20H18N4O3S. The van der Waals surface area contributed by atoms with Gasteiger partial charge >= 0.3 is 0 Å². The molecule has 8 heteroatoms. The molecule has 3 rings (SSSR count). The molecule has 0 fully saturated rings. The zero-order valence-electron chi connectivity index (χ0n) is 15.4. The lowest BCUT2D eigenvalue weighted by Gasteiger charge is -2.09. The maximum absolute atomic E-state index is 12.5. The first kappa shape index (κ1) is 19.3. The molecule has 0 spiro atoms. The molecular weight excluding hydrogens is 376 g/mol. The number of amides is 1. The van der Waals surface area contributed by atoms with Gasteiger partial charge in [-0.3, -0.25) is 4.79 Å². The Kier molecular flexibility index (Phi) is 5.29. The topological polar surface area (TPSA) is 105 Å². The van der Waals surface area contributed by atoms with E-state index in [2.05, 4.69) is 9.82 Å². The number of benzene rings is 2. The zero-order chi connectivity index (χ0) is 20.3. The maximum atomic E-state index is 12.5. The van der Waals surface area contributed by atoms with Crippen LogP contribution in [0.4, 0.5) is 0 Å². The molecule has 28 heavy (non-hydrogen) atoms. The van der Waals surface area contributed by atoms with Gasteiger partial charge in [0.25, 0.3) is 5.91 Å². The summed E-state index contributed by atoms with van der Waals surface area (Å²) in [4.78, 5) is 12.5. The predicted octanol–water partition coefficient (Wildman–Crippen LogP) is 2.62. The highest BCUT2D eigenvalue weighted by molar-refractivity contribution is 7.89. The third-order valence-corrected chi connectivity index (χ3v) is 5.50. The van der Waals surface area contributed by atoms with Crippen LogP contribution in [0.2, 0.25) is 0 Å². The van der Waals surface area contributed by atoms with Crippen LogP contribution in [0.3, 0.4) is 0 Å². The largest absolute Gasteiger partial charge is 0.268 e. The van der Waals surface area contributed by atoms with Crippen molar-refractivity contribution in [1.29, 1.82) is 5.26 Å². The summed E-state index contributed by atoms with van der Waals surface area (Å²) >= 11 is 0. The van der Waals surface area contributed by atoms with Crippen molar-refractivity contribution in [3.8, 4) is 11.8 Å². The number of para-hydroxylation sites is 1. The van der Waals surface area contributed by atoms with Gasteiger partial charge in [0.05, 0.1) is 40.5 Å². The predicted molar refractivity (Wildman–Crippen MR) is 104 cm³/mol. The van der Waals surface area contributed by atoms with Crippen molar-refractivity contribution >= 4 is 15.9 Å². The summed E-state index contributed by atoms with van der Waals surface area (Å²) < 4.78 is 28.4. The second-order valence-corrected chi connectivity index (χ2v) is 8.06. The van der Waals surface area contributed by atoms with Gasteiger partial charge < -0.3 is 0 Å². The molecule has 3 aromatic rings. The summed E-state index contributed by atoms with van der Waals surface area (Å²) in [5.74, 6) is -1.10. The first-order chi connectivity index (χ1) is 13.3. The Morgan fingerprint density at radius 2 is 1.82 bits per heavy atom. The fourth-order valence-electron chi connectivity index (χ4n) is 2.80. The van der Waals surface area contributed by atoms with E-state index in [1.54, 1.807) is 23.7 Å². The molecule has 1 heterocycles. The highest BCUT2D eigenvalue weighted by Crippen LogP contribution is 2.18. The van der Waals surface area contributed by atoms with E-state index >= 15 is 0 Å². The molecule has 1 aromatic heterocycles. The van der Waals surface area contributed by atoms with Gasteiger partial charge in [-0.2, -0.15) is 10.4 Å². The standard InChI is InChI=1S/C20H18N4O3S/c1-14-5-3-4-6-19(14)24-15(2)18(12-22-24)20(25)23-28(26,27)13-17-9-7-16(11-21)8-10-17/h3-10,12H,13H2,1-2H3,(H,23,25). The lowest BCUT2D eigenvalue weighted by atomic mass is 10.2. The molecule has 0 aliphatic heterocycles. The van der Waals surface area contributed by atoms with Crippen LogP contribution >= 0.6 is 0 Å². The zero-order valence-corrected chi connectivity index (χ0v) is 16.2. The van der Waals surface area contributed by atoms with Crippen molar-refractivity contribution in [2.45, 2.75) is 19.6 Å². The van der Waals surface area contributed by atoms with E-state index in [9.17, 15) is 13.2 Å². The number of nitriles is 1. The summed E-state index contributed by atoms with van der Waals surface area (Å²) in [5.41, 5.74) is 3.44. The second-order valence-electron chi connectivity index (χ2n) is 6.34. The number of nitrogens with one attached hydrogen (secondary N) is 1. The van der Waals surface area contributed by atoms with Crippen LogP contribution in [0.5, 0.6) is 0 Å². The van der Waals surface area contributed by atoms with E-state index < -0.39 is 15.9 Å². The molecule has 0 atom stereocenters. The first-order valence-electron chi connectivity index (χ1n) is 8.45. The van der Waals surface area contributed by atoms with E-state index in [0.717, 1.165) is 11.3 Å². The summed E-state index contributed by atoms with van der Waals surface area (Å²) in [6.07, 6.45) is 1.36. The molecule has 0 radical (unpaired) electrons. The number of aromatic nitrogens is 2. The summed E-state index contributed by atoms with van der Waals surface area (Å²) in [5, 5.41) is 13.0. The molecule has 0 unspecified atom stereocenters. The quantitative estimate of drug-likeness (QED) is 0.716. The number of nitrogens with zero attached hydrogens (tertiary/aromatic N) is 3. The second kappa shape index (κ2) is 7.66. The van der Waals surface area contributed by atoms with Crippen LogP contribution in [0.15, 0.2) is 54.7 Å². The number of rotatable bonds is 5. The Labute approximate surface area is 163 Å². The Bertz CT molecular complexity index is 1170. The average molecular weight is 394 g/mol. The van der Waals surface area contributed by atoms with Crippen LogP contribution < -0.4 is 4.72 Å². The third kappa shape index (κ3) is 4.10. The number of hydrogen-bond donors (Lipinski definition) is 1. The number of sulfonamides is 1. The van der Waals surface area contributed by atoms with Gasteiger partial charge in [-0.15, -0.1) is 0 Å². The Hall–Kier alpha value is -3.44. The lowest BCUT2D eigenvalue weighted by molar-refractivity contribution is 0.0981. The summed E-state index contributed by atoms with van der Waals surface area (Å²) in [6.45, 7) is 3.64. The Morgan fingerprint density at radius 1 is 1.14 bits per heavy atom. The van der Waals surface area contributed by atoms with Crippen LogP contribution in [-0.2, 0) is 15.8 Å². The van der Waals surface area contributed by atoms with Crippen molar-refractivity contribution < 1.29 is 13.2 Å². The monoisotopic (exact) mass is 394 g/mol. The molecule has 0 aliphatic carbocycles. The van der Waals surface area contributed by atoms with Crippen molar-refractivity contribution in [1.82, 2.24) is 14.5 Å². The molecule has 0 saturated heterocycles. The molecule has 1 N–H and O–H groups in total. The van der Waals surface area contributed by atoms with Gasteiger partial charge in [0.1, 0.15) is 0 Å². The van der Waals surface area contributed by atoms with Crippen molar-refractivity contribution in [3.63, 3.8) is 0 Å². The highest BCUT2D eigenvalue weighted by atomic mass is 32.2. The normalized spacial score (nSPS) is 11.0. The molecule has 0 saturated carbocycles. The SMILES string of the molecule is Cc1ccccc1-n1ncc(C(=O)NS(=O)(=O)Cc2ccc(C#N)cc2)c1C. The van der Waals surface area contributed by atoms with Gasteiger partial charge in [0.2, 0.25) is 10.0 Å². The molecule has 142 valence electrons. The van der Waals surface area contributed by atoms with Gasteiger partial charge in [-0.1, -0.05) is 30.3 Å². The number of hydrogen-bond acceptors (Lipinski definition) is 5. The van der Waals surface area contributed by atoms with Crippen molar-refractivity contribution in [2.75, 3.05) is 0 Å². The molecule has 0 bridgehead atoms. The first-order valence-corrected chi connectivity index (χ1v) is 10.1. The summed E-state index contributed by atoms with van der Waals surface area (Å²) in [7, 11) is -3.90. The molecule has 1 amide bonds. The Morgan fingerprint density at radius 3 is 2.46 bits per heavy atom. The fourth-order valence-corrected chi connectivity index (χ4v) is 3.90.